The van der Waals surface area contributed by atoms with Crippen LogP contribution in [0.3, 0.4) is 0 Å². The number of nitro groups is 1. The van der Waals surface area contributed by atoms with Gasteiger partial charge in [-0.1, -0.05) is 30.3 Å². The molecule has 2 aromatic rings. The van der Waals surface area contributed by atoms with Crippen molar-refractivity contribution in [2.45, 2.75) is 25.8 Å². The first-order valence-electron chi connectivity index (χ1n) is 6.80. The number of hydrogen-bond acceptors (Lipinski definition) is 3. The number of nitrogens with one attached hydrogen (secondary N) is 1. The Balaban J connectivity index is 1.95. The zero-order valence-electron chi connectivity index (χ0n) is 11.8. The molecule has 2 rings (SSSR count). The maximum absolute atomic E-state index is 13.3. The van der Waals surface area contributed by atoms with Crippen molar-refractivity contribution >= 4 is 11.4 Å². The highest BCUT2D eigenvalue weighted by Gasteiger charge is 2.15. The molecule has 0 aliphatic heterocycles. The minimum Gasteiger partial charge on any atom is -0.382 e. The molecule has 0 radical (unpaired) electrons. The molecule has 0 aliphatic rings. The molecule has 0 amide bonds. The van der Waals surface area contributed by atoms with Crippen LogP contribution in [0.25, 0.3) is 0 Å². The summed E-state index contributed by atoms with van der Waals surface area (Å²) in [5.74, 6) is -0.817. The molecule has 0 aliphatic carbocycles. The van der Waals surface area contributed by atoms with E-state index in [1.165, 1.54) is 17.7 Å². The fourth-order valence-electron chi connectivity index (χ4n) is 2.13. The standard InChI is InChI=1S/C16H17FN2O2/c1-12(7-8-13-5-3-2-4-6-13)18-14-9-10-15(17)16(11-14)19(20)21/h2-6,9-12,18H,7-8H2,1H3. The molecule has 110 valence electrons. The van der Waals surface area contributed by atoms with E-state index < -0.39 is 16.4 Å². The zero-order chi connectivity index (χ0) is 15.2. The van der Waals surface area contributed by atoms with Gasteiger partial charge in [-0.25, -0.2) is 0 Å². The maximum Gasteiger partial charge on any atom is 0.306 e. The molecular formula is C16H17FN2O2. The molecule has 1 N–H and O–H groups in total. The van der Waals surface area contributed by atoms with Crippen molar-refractivity contribution in [3.63, 3.8) is 0 Å². The highest BCUT2D eigenvalue weighted by atomic mass is 19.1. The smallest absolute Gasteiger partial charge is 0.306 e. The Kier molecular flexibility index (Phi) is 4.87. The van der Waals surface area contributed by atoms with Gasteiger partial charge in [0.25, 0.3) is 0 Å². The Morgan fingerprint density at radius 2 is 1.95 bits per heavy atom. The lowest BCUT2D eigenvalue weighted by Gasteiger charge is -2.15. The van der Waals surface area contributed by atoms with E-state index in [1.807, 2.05) is 25.1 Å². The second kappa shape index (κ2) is 6.83. The second-order valence-corrected chi connectivity index (χ2v) is 4.99. The monoisotopic (exact) mass is 288 g/mol. The van der Waals surface area contributed by atoms with Crippen molar-refractivity contribution in [1.29, 1.82) is 0 Å². The summed E-state index contributed by atoms with van der Waals surface area (Å²) in [5, 5.41) is 13.9. The van der Waals surface area contributed by atoms with E-state index in [9.17, 15) is 14.5 Å². The molecule has 0 spiro atoms. The van der Waals surface area contributed by atoms with Crippen molar-refractivity contribution in [3.8, 4) is 0 Å². The van der Waals surface area contributed by atoms with Crippen LogP contribution in [0.4, 0.5) is 15.8 Å². The van der Waals surface area contributed by atoms with E-state index in [-0.39, 0.29) is 6.04 Å². The molecule has 1 atom stereocenters. The van der Waals surface area contributed by atoms with Gasteiger partial charge in [-0.05, 0) is 37.5 Å². The highest BCUT2D eigenvalue weighted by Crippen LogP contribution is 2.22. The van der Waals surface area contributed by atoms with Crippen LogP contribution in [0.1, 0.15) is 18.9 Å². The molecule has 1 unspecified atom stereocenters. The van der Waals surface area contributed by atoms with E-state index in [2.05, 4.69) is 17.4 Å². The van der Waals surface area contributed by atoms with E-state index in [0.717, 1.165) is 18.9 Å². The fraction of sp³-hybridized carbons (Fsp3) is 0.250. The molecule has 21 heavy (non-hydrogen) atoms. The zero-order valence-corrected chi connectivity index (χ0v) is 11.8. The number of benzene rings is 2. The third-order valence-electron chi connectivity index (χ3n) is 3.26. The van der Waals surface area contributed by atoms with Crippen LogP contribution in [-0.4, -0.2) is 11.0 Å². The summed E-state index contributed by atoms with van der Waals surface area (Å²) in [7, 11) is 0. The number of aryl methyl sites for hydroxylation is 1. The lowest BCUT2D eigenvalue weighted by Crippen LogP contribution is -2.16. The van der Waals surface area contributed by atoms with Crippen LogP contribution in [0.15, 0.2) is 48.5 Å². The van der Waals surface area contributed by atoms with Gasteiger partial charge in [-0.2, -0.15) is 4.39 Å². The third-order valence-corrected chi connectivity index (χ3v) is 3.26. The van der Waals surface area contributed by atoms with E-state index in [0.29, 0.717) is 5.69 Å². The van der Waals surface area contributed by atoms with Gasteiger partial charge in [0, 0.05) is 17.8 Å². The Morgan fingerprint density at radius 3 is 2.62 bits per heavy atom. The summed E-state index contributed by atoms with van der Waals surface area (Å²) in [6.07, 6.45) is 1.80. The van der Waals surface area contributed by atoms with Gasteiger partial charge < -0.3 is 5.32 Å². The van der Waals surface area contributed by atoms with Crippen molar-refractivity contribution in [2.75, 3.05) is 5.32 Å². The van der Waals surface area contributed by atoms with Crippen molar-refractivity contribution in [2.24, 2.45) is 0 Å². The van der Waals surface area contributed by atoms with E-state index in [4.69, 9.17) is 0 Å². The van der Waals surface area contributed by atoms with Crippen molar-refractivity contribution in [3.05, 3.63) is 70.0 Å². The first-order chi connectivity index (χ1) is 10.1. The maximum atomic E-state index is 13.3. The molecule has 0 saturated heterocycles. The molecular weight excluding hydrogens is 271 g/mol. The topological polar surface area (TPSA) is 55.2 Å². The van der Waals surface area contributed by atoms with Crippen LogP contribution in [0, 0.1) is 15.9 Å². The van der Waals surface area contributed by atoms with E-state index in [1.54, 1.807) is 0 Å². The summed E-state index contributed by atoms with van der Waals surface area (Å²) < 4.78 is 13.3. The van der Waals surface area contributed by atoms with Crippen molar-refractivity contribution < 1.29 is 9.31 Å². The van der Waals surface area contributed by atoms with Gasteiger partial charge in [-0.15, -0.1) is 0 Å². The molecule has 2 aromatic carbocycles. The SMILES string of the molecule is CC(CCc1ccccc1)Nc1ccc(F)c([N+](=O)[O-])c1. The molecule has 0 aromatic heterocycles. The summed E-state index contributed by atoms with van der Waals surface area (Å²) >= 11 is 0. The third kappa shape index (κ3) is 4.27. The van der Waals surface area contributed by atoms with Gasteiger partial charge in [0.1, 0.15) is 0 Å². The minimum atomic E-state index is -0.817. The number of anilines is 1. The molecule has 0 fully saturated rings. The molecule has 5 heteroatoms. The van der Waals surface area contributed by atoms with Crippen LogP contribution >= 0.6 is 0 Å². The van der Waals surface area contributed by atoms with Crippen LogP contribution in [-0.2, 0) is 6.42 Å². The number of halogens is 1. The highest BCUT2D eigenvalue weighted by molar-refractivity contribution is 5.52. The van der Waals surface area contributed by atoms with Gasteiger partial charge in [0.15, 0.2) is 0 Å². The predicted octanol–water partition coefficient (Wildman–Crippen LogP) is 4.17. The average molecular weight is 288 g/mol. The molecule has 0 heterocycles. The predicted molar refractivity (Wildman–Crippen MR) is 80.9 cm³/mol. The van der Waals surface area contributed by atoms with Gasteiger partial charge in [0.2, 0.25) is 5.82 Å². The summed E-state index contributed by atoms with van der Waals surface area (Å²) in [6.45, 7) is 2.00. The van der Waals surface area contributed by atoms with Gasteiger partial charge in [-0.3, -0.25) is 10.1 Å². The Bertz CT molecular complexity index is 617. The largest absolute Gasteiger partial charge is 0.382 e. The first-order valence-corrected chi connectivity index (χ1v) is 6.80. The van der Waals surface area contributed by atoms with E-state index >= 15 is 0 Å². The lowest BCUT2D eigenvalue weighted by atomic mass is 10.1. The molecule has 4 nitrogen and oxygen atoms in total. The first kappa shape index (κ1) is 15.0. The van der Waals surface area contributed by atoms with Gasteiger partial charge in [0.05, 0.1) is 4.92 Å². The number of nitrogens with zero attached hydrogens (tertiary/aromatic N) is 1. The lowest BCUT2D eigenvalue weighted by molar-refractivity contribution is -0.387. The Hall–Kier alpha value is -2.43. The quantitative estimate of drug-likeness (QED) is 0.641. The van der Waals surface area contributed by atoms with Gasteiger partial charge >= 0.3 is 5.69 Å². The normalized spacial score (nSPS) is 11.9. The summed E-state index contributed by atoms with van der Waals surface area (Å²) in [5.41, 5.74) is 1.30. The second-order valence-electron chi connectivity index (χ2n) is 4.99. The van der Waals surface area contributed by atoms with Crippen LogP contribution < -0.4 is 5.32 Å². The number of rotatable bonds is 6. The molecule has 0 bridgehead atoms. The minimum absolute atomic E-state index is 0.135. The van der Waals surface area contributed by atoms with Crippen molar-refractivity contribution in [1.82, 2.24) is 0 Å². The summed E-state index contributed by atoms with van der Waals surface area (Å²) in [4.78, 5) is 10.00. The summed E-state index contributed by atoms with van der Waals surface area (Å²) in [6, 6.07) is 14.1. The molecule has 0 saturated carbocycles. The number of nitro benzene ring substituents is 1. The average Bonchev–Trinajstić information content (AvgIpc) is 2.48. The Morgan fingerprint density at radius 1 is 1.24 bits per heavy atom. The van der Waals surface area contributed by atoms with Crippen LogP contribution in [0.5, 0.6) is 0 Å². The Labute approximate surface area is 122 Å². The van der Waals surface area contributed by atoms with Crippen LogP contribution in [0.2, 0.25) is 0 Å². The number of hydrogen-bond donors (Lipinski definition) is 1. The fourth-order valence-corrected chi connectivity index (χ4v) is 2.13.